The molecule has 0 bridgehead atoms. The molecule has 0 fully saturated rings. The van der Waals surface area contributed by atoms with E-state index in [-0.39, 0.29) is 11.7 Å². The maximum Gasteiger partial charge on any atom is 0.234 e. The summed E-state index contributed by atoms with van der Waals surface area (Å²) in [5.74, 6) is 0.781. The highest BCUT2D eigenvalue weighted by Crippen LogP contribution is 2.24. The number of nitrogens with one attached hydrogen (secondary N) is 1. The Balaban J connectivity index is 1.96. The van der Waals surface area contributed by atoms with E-state index in [0.29, 0.717) is 22.9 Å². The fourth-order valence-electron chi connectivity index (χ4n) is 2.37. The molecule has 0 saturated heterocycles. The Bertz CT molecular complexity index is 815. The van der Waals surface area contributed by atoms with Crippen LogP contribution < -0.4 is 10.1 Å². The molecule has 0 atom stereocenters. The van der Waals surface area contributed by atoms with E-state index in [9.17, 15) is 10.1 Å². The van der Waals surface area contributed by atoms with Gasteiger partial charge in [0.05, 0.1) is 17.9 Å². The Hall–Kier alpha value is -2.52. The van der Waals surface area contributed by atoms with Crippen molar-refractivity contribution in [3.63, 3.8) is 0 Å². The molecule has 0 spiro atoms. The number of thioether (sulfide) groups is 1. The Morgan fingerprint density at radius 2 is 2.15 bits per heavy atom. The van der Waals surface area contributed by atoms with Crippen LogP contribution in [-0.4, -0.2) is 23.3 Å². The zero-order chi connectivity index (χ0) is 18.9. The highest BCUT2D eigenvalue weighted by atomic mass is 32.2. The highest BCUT2D eigenvalue weighted by molar-refractivity contribution is 8.00. The lowest BCUT2D eigenvalue weighted by molar-refractivity contribution is -0.113. The van der Waals surface area contributed by atoms with Crippen molar-refractivity contribution in [2.24, 2.45) is 0 Å². The topological polar surface area (TPSA) is 75.0 Å². The Labute approximate surface area is 158 Å². The van der Waals surface area contributed by atoms with Gasteiger partial charge in [-0.2, -0.15) is 5.26 Å². The second kappa shape index (κ2) is 9.83. The monoisotopic (exact) mass is 369 g/mol. The minimum atomic E-state index is -0.148. The van der Waals surface area contributed by atoms with Crippen molar-refractivity contribution < 1.29 is 9.53 Å². The largest absolute Gasteiger partial charge is 0.494 e. The zero-order valence-corrected chi connectivity index (χ0v) is 16.2. The van der Waals surface area contributed by atoms with Crippen LogP contribution in [0.25, 0.3) is 0 Å². The summed E-state index contributed by atoms with van der Waals surface area (Å²) >= 11 is 1.27. The van der Waals surface area contributed by atoms with Gasteiger partial charge in [-0.15, -0.1) is 0 Å². The first-order valence-electron chi connectivity index (χ1n) is 8.57. The first kappa shape index (κ1) is 19.8. The van der Waals surface area contributed by atoms with Gasteiger partial charge in [0.2, 0.25) is 5.91 Å². The standard InChI is InChI=1S/C20H23N3O2S/c1-4-5-9-25-17-8-6-7-16(11-17)23-19(24)13-26-20-18(12-21)14(2)10-15(3)22-20/h6-8,10-11H,4-5,9,13H2,1-3H3,(H,23,24). The Morgan fingerprint density at radius 1 is 1.35 bits per heavy atom. The van der Waals surface area contributed by atoms with Crippen LogP contribution in [0.3, 0.4) is 0 Å². The molecule has 0 radical (unpaired) electrons. The molecule has 0 aliphatic heterocycles. The summed E-state index contributed by atoms with van der Waals surface area (Å²) in [5, 5.41) is 12.7. The third-order valence-corrected chi connectivity index (χ3v) is 4.62. The number of nitrogens with zero attached hydrogens (tertiary/aromatic N) is 2. The molecule has 1 aromatic heterocycles. The molecule has 0 aliphatic carbocycles. The number of aromatic nitrogens is 1. The SMILES string of the molecule is CCCCOc1cccc(NC(=O)CSc2nc(C)cc(C)c2C#N)c1. The van der Waals surface area contributed by atoms with Crippen molar-refractivity contribution in [3.8, 4) is 11.8 Å². The summed E-state index contributed by atoms with van der Waals surface area (Å²) in [5.41, 5.74) is 2.93. The molecule has 5 nitrogen and oxygen atoms in total. The smallest absolute Gasteiger partial charge is 0.234 e. The lowest BCUT2D eigenvalue weighted by Crippen LogP contribution is -2.14. The van der Waals surface area contributed by atoms with E-state index in [1.165, 1.54) is 11.8 Å². The van der Waals surface area contributed by atoms with E-state index < -0.39 is 0 Å². The summed E-state index contributed by atoms with van der Waals surface area (Å²) < 4.78 is 5.65. The summed E-state index contributed by atoms with van der Waals surface area (Å²) in [7, 11) is 0. The second-order valence-electron chi connectivity index (χ2n) is 5.94. The predicted octanol–water partition coefficient (Wildman–Crippen LogP) is 4.48. The fraction of sp³-hybridized carbons (Fsp3) is 0.350. The number of hydrogen-bond acceptors (Lipinski definition) is 5. The molecule has 0 unspecified atom stereocenters. The number of aryl methyl sites for hydroxylation is 2. The molecule has 26 heavy (non-hydrogen) atoms. The van der Waals surface area contributed by atoms with Gasteiger partial charge in [0.15, 0.2) is 0 Å². The van der Waals surface area contributed by atoms with Crippen LogP contribution in [0.5, 0.6) is 5.75 Å². The van der Waals surface area contributed by atoms with Crippen molar-refractivity contribution >= 4 is 23.4 Å². The Kier molecular flexibility index (Phi) is 7.49. The molecule has 1 heterocycles. The number of anilines is 1. The number of ether oxygens (including phenoxy) is 1. The van der Waals surface area contributed by atoms with Gasteiger partial charge in [-0.05, 0) is 44.0 Å². The molecular weight excluding hydrogens is 346 g/mol. The highest BCUT2D eigenvalue weighted by Gasteiger charge is 2.12. The molecular formula is C20H23N3O2S. The summed E-state index contributed by atoms with van der Waals surface area (Å²) in [4.78, 5) is 16.6. The average Bonchev–Trinajstić information content (AvgIpc) is 2.60. The lowest BCUT2D eigenvalue weighted by atomic mass is 10.1. The average molecular weight is 369 g/mol. The molecule has 2 aromatic rings. The van der Waals surface area contributed by atoms with Crippen LogP contribution in [0.1, 0.15) is 36.6 Å². The van der Waals surface area contributed by atoms with Gasteiger partial charge in [-0.25, -0.2) is 4.98 Å². The lowest BCUT2D eigenvalue weighted by Gasteiger charge is -2.10. The van der Waals surface area contributed by atoms with Gasteiger partial charge in [0, 0.05) is 17.4 Å². The van der Waals surface area contributed by atoms with Crippen molar-refractivity contribution in [2.75, 3.05) is 17.7 Å². The maximum atomic E-state index is 12.2. The van der Waals surface area contributed by atoms with Crippen LogP contribution in [0.15, 0.2) is 35.4 Å². The van der Waals surface area contributed by atoms with Crippen molar-refractivity contribution in [2.45, 2.75) is 38.6 Å². The second-order valence-corrected chi connectivity index (χ2v) is 6.90. The molecule has 1 amide bonds. The quantitative estimate of drug-likeness (QED) is 0.548. The number of rotatable bonds is 8. The van der Waals surface area contributed by atoms with E-state index in [1.54, 1.807) is 0 Å². The number of carbonyl (C=O) groups excluding carboxylic acids is 1. The summed E-state index contributed by atoms with van der Waals surface area (Å²) in [6.07, 6.45) is 2.07. The van der Waals surface area contributed by atoms with Gasteiger partial charge >= 0.3 is 0 Å². The van der Waals surface area contributed by atoms with Gasteiger partial charge in [-0.1, -0.05) is 31.2 Å². The van der Waals surface area contributed by atoms with E-state index >= 15 is 0 Å². The third kappa shape index (κ3) is 5.78. The number of pyridine rings is 1. The molecule has 1 N–H and O–H groups in total. The third-order valence-electron chi connectivity index (χ3n) is 3.65. The first-order valence-corrected chi connectivity index (χ1v) is 9.56. The maximum absolute atomic E-state index is 12.2. The zero-order valence-electron chi connectivity index (χ0n) is 15.3. The number of benzene rings is 1. The van der Waals surface area contributed by atoms with Crippen molar-refractivity contribution in [3.05, 3.63) is 47.2 Å². The summed E-state index contributed by atoms with van der Waals surface area (Å²) in [6, 6.07) is 11.4. The van der Waals surface area contributed by atoms with E-state index in [2.05, 4.69) is 23.3 Å². The number of nitriles is 1. The fourth-order valence-corrected chi connectivity index (χ4v) is 3.27. The summed E-state index contributed by atoms with van der Waals surface area (Å²) in [6.45, 7) is 6.53. The van der Waals surface area contributed by atoms with Gasteiger partial charge in [0.25, 0.3) is 0 Å². The number of carbonyl (C=O) groups is 1. The Morgan fingerprint density at radius 3 is 2.88 bits per heavy atom. The molecule has 1 aromatic carbocycles. The van der Waals surface area contributed by atoms with Crippen LogP contribution in [0.2, 0.25) is 0 Å². The minimum Gasteiger partial charge on any atom is -0.494 e. The number of hydrogen-bond donors (Lipinski definition) is 1. The van der Waals surface area contributed by atoms with Crippen LogP contribution in [0.4, 0.5) is 5.69 Å². The minimum absolute atomic E-state index is 0.148. The van der Waals surface area contributed by atoms with Crippen molar-refractivity contribution in [1.29, 1.82) is 5.26 Å². The normalized spacial score (nSPS) is 10.2. The number of amides is 1. The van der Waals surface area contributed by atoms with Crippen molar-refractivity contribution in [1.82, 2.24) is 4.98 Å². The molecule has 0 aliphatic rings. The first-order chi connectivity index (χ1) is 12.5. The van der Waals surface area contributed by atoms with Crippen LogP contribution >= 0.6 is 11.8 Å². The van der Waals surface area contributed by atoms with E-state index in [0.717, 1.165) is 29.8 Å². The molecule has 136 valence electrons. The van der Waals surface area contributed by atoms with Crippen LogP contribution in [0, 0.1) is 25.2 Å². The molecule has 0 saturated carbocycles. The van der Waals surface area contributed by atoms with Gasteiger partial charge in [0.1, 0.15) is 16.8 Å². The van der Waals surface area contributed by atoms with Crippen LogP contribution in [-0.2, 0) is 4.79 Å². The van der Waals surface area contributed by atoms with Gasteiger partial charge in [-0.3, -0.25) is 4.79 Å². The molecule has 2 rings (SSSR count). The number of unbranched alkanes of at least 4 members (excludes halogenated alkanes) is 1. The molecule has 6 heteroatoms. The van der Waals surface area contributed by atoms with Gasteiger partial charge < -0.3 is 10.1 Å². The predicted molar refractivity (Wildman–Crippen MR) is 105 cm³/mol. The van der Waals surface area contributed by atoms with E-state index in [4.69, 9.17) is 4.74 Å². The van der Waals surface area contributed by atoms with E-state index in [1.807, 2.05) is 44.2 Å².